The van der Waals surface area contributed by atoms with E-state index in [0.717, 1.165) is 15.7 Å². The SMILES string of the molecule is Cc1ccc(Br)cc1NC(=O)c1cnn(C)c1N. The minimum atomic E-state index is -0.262. The van der Waals surface area contributed by atoms with Gasteiger partial charge in [-0.15, -0.1) is 0 Å². The summed E-state index contributed by atoms with van der Waals surface area (Å²) in [6, 6.07) is 5.69. The van der Waals surface area contributed by atoms with Crippen LogP contribution in [0.15, 0.2) is 28.9 Å². The van der Waals surface area contributed by atoms with Gasteiger partial charge in [0.1, 0.15) is 11.4 Å². The van der Waals surface area contributed by atoms with Crippen molar-refractivity contribution < 1.29 is 4.79 Å². The van der Waals surface area contributed by atoms with Gasteiger partial charge in [0.15, 0.2) is 0 Å². The molecule has 0 bridgehead atoms. The number of hydrogen-bond acceptors (Lipinski definition) is 3. The predicted octanol–water partition coefficient (Wildman–Crippen LogP) is 2.33. The fourth-order valence-electron chi connectivity index (χ4n) is 1.54. The molecule has 0 unspecified atom stereocenters. The summed E-state index contributed by atoms with van der Waals surface area (Å²) in [4.78, 5) is 12.1. The molecule has 5 nitrogen and oxygen atoms in total. The lowest BCUT2D eigenvalue weighted by atomic mass is 10.2. The summed E-state index contributed by atoms with van der Waals surface area (Å²) in [7, 11) is 1.69. The standard InChI is InChI=1S/C12H13BrN4O/c1-7-3-4-8(13)5-10(7)16-12(18)9-6-15-17(2)11(9)14/h3-6H,14H2,1-2H3,(H,16,18). The lowest BCUT2D eigenvalue weighted by Crippen LogP contribution is -2.14. The average molecular weight is 309 g/mol. The highest BCUT2D eigenvalue weighted by Gasteiger charge is 2.14. The third-order valence-electron chi connectivity index (χ3n) is 2.68. The van der Waals surface area contributed by atoms with E-state index in [1.54, 1.807) is 7.05 Å². The van der Waals surface area contributed by atoms with Gasteiger partial charge in [-0.05, 0) is 24.6 Å². The highest BCUT2D eigenvalue weighted by Crippen LogP contribution is 2.22. The van der Waals surface area contributed by atoms with Crippen molar-refractivity contribution in [2.24, 2.45) is 7.05 Å². The summed E-state index contributed by atoms with van der Waals surface area (Å²) in [6.45, 7) is 1.93. The number of carbonyl (C=O) groups is 1. The Labute approximate surface area is 113 Å². The molecule has 1 aromatic heterocycles. The number of aryl methyl sites for hydroxylation is 2. The van der Waals surface area contributed by atoms with E-state index in [0.29, 0.717) is 11.4 Å². The summed E-state index contributed by atoms with van der Waals surface area (Å²) >= 11 is 3.37. The van der Waals surface area contributed by atoms with Gasteiger partial charge in [-0.1, -0.05) is 22.0 Å². The van der Waals surface area contributed by atoms with Crippen LogP contribution >= 0.6 is 15.9 Å². The molecule has 2 rings (SSSR count). The predicted molar refractivity (Wildman–Crippen MR) is 74.5 cm³/mol. The van der Waals surface area contributed by atoms with Gasteiger partial charge in [-0.2, -0.15) is 5.10 Å². The number of nitrogens with one attached hydrogen (secondary N) is 1. The second-order valence-corrected chi connectivity index (χ2v) is 4.90. The molecule has 2 aromatic rings. The average Bonchev–Trinajstić information content (AvgIpc) is 2.65. The van der Waals surface area contributed by atoms with Crippen molar-refractivity contribution in [3.8, 4) is 0 Å². The lowest BCUT2D eigenvalue weighted by Gasteiger charge is -2.08. The number of anilines is 2. The molecule has 0 spiro atoms. The normalized spacial score (nSPS) is 10.4. The molecular formula is C12H13BrN4O. The second-order valence-electron chi connectivity index (χ2n) is 3.98. The van der Waals surface area contributed by atoms with Crippen LogP contribution in [0.5, 0.6) is 0 Å². The molecule has 0 saturated carbocycles. The van der Waals surface area contributed by atoms with Gasteiger partial charge in [0.25, 0.3) is 5.91 Å². The summed E-state index contributed by atoms with van der Waals surface area (Å²) in [5, 5.41) is 6.76. The molecule has 0 aliphatic carbocycles. The number of halogens is 1. The van der Waals surface area contributed by atoms with Gasteiger partial charge in [-0.3, -0.25) is 9.48 Å². The molecule has 94 valence electrons. The van der Waals surface area contributed by atoms with E-state index in [-0.39, 0.29) is 5.91 Å². The molecule has 3 N–H and O–H groups in total. The Morgan fingerprint density at radius 1 is 1.50 bits per heavy atom. The first kappa shape index (κ1) is 12.6. The number of hydrogen-bond donors (Lipinski definition) is 2. The molecule has 0 aliphatic rings. The molecule has 0 aliphatic heterocycles. The van der Waals surface area contributed by atoms with E-state index < -0.39 is 0 Å². The van der Waals surface area contributed by atoms with Crippen LogP contribution in [0.2, 0.25) is 0 Å². The third-order valence-corrected chi connectivity index (χ3v) is 3.17. The van der Waals surface area contributed by atoms with Crippen molar-refractivity contribution in [2.45, 2.75) is 6.92 Å². The Balaban J connectivity index is 2.27. The van der Waals surface area contributed by atoms with Crippen LogP contribution in [0.25, 0.3) is 0 Å². The zero-order valence-corrected chi connectivity index (χ0v) is 11.7. The summed E-state index contributed by atoms with van der Waals surface area (Å²) in [6.07, 6.45) is 1.46. The number of rotatable bonds is 2. The molecule has 1 heterocycles. The first-order valence-corrected chi connectivity index (χ1v) is 6.13. The van der Waals surface area contributed by atoms with Gasteiger partial charge >= 0.3 is 0 Å². The number of amides is 1. The van der Waals surface area contributed by atoms with Gasteiger partial charge in [0, 0.05) is 17.2 Å². The maximum absolute atomic E-state index is 12.1. The van der Waals surface area contributed by atoms with Crippen molar-refractivity contribution in [1.82, 2.24) is 9.78 Å². The Morgan fingerprint density at radius 3 is 2.83 bits per heavy atom. The van der Waals surface area contributed by atoms with Gasteiger partial charge in [-0.25, -0.2) is 0 Å². The maximum Gasteiger partial charge on any atom is 0.261 e. The molecule has 0 saturated heterocycles. The van der Waals surface area contributed by atoms with Crippen LogP contribution in [0.1, 0.15) is 15.9 Å². The monoisotopic (exact) mass is 308 g/mol. The van der Waals surface area contributed by atoms with Crippen molar-refractivity contribution in [2.75, 3.05) is 11.1 Å². The Hall–Kier alpha value is -1.82. The fourth-order valence-corrected chi connectivity index (χ4v) is 1.90. The number of carbonyl (C=O) groups excluding carboxylic acids is 1. The van der Waals surface area contributed by atoms with Crippen LogP contribution in [0, 0.1) is 6.92 Å². The van der Waals surface area contributed by atoms with E-state index in [2.05, 4.69) is 26.3 Å². The largest absolute Gasteiger partial charge is 0.383 e. The van der Waals surface area contributed by atoms with E-state index in [9.17, 15) is 4.79 Å². The molecule has 0 atom stereocenters. The number of benzene rings is 1. The Kier molecular flexibility index (Phi) is 3.38. The third kappa shape index (κ3) is 2.38. The molecule has 0 fully saturated rings. The van der Waals surface area contributed by atoms with Crippen LogP contribution in [0.3, 0.4) is 0 Å². The van der Waals surface area contributed by atoms with Crippen LogP contribution < -0.4 is 11.1 Å². The number of nitrogens with zero attached hydrogens (tertiary/aromatic N) is 2. The quantitative estimate of drug-likeness (QED) is 0.894. The molecule has 18 heavy (non-hydrogen) atoms. The number of nitrogen functional groups attached to an aromatic ring is 1. The first-order chi connectivity index (χ1) is 8.49. The van der Waals surface area contributed by atoms with Crippen molar-refractivity contribution >= 4 is 33.3 Å². The van der Waals surface area contributed by atoms with Crippen molar-refractivity contribution in [3.05, 3.63) is 40.0 Å². The smallest absolute Gasteiger partial charge is 0.261 e. The highest BCUT2D eigenvalue weighted by atomic mass is 79.9. The van der Waals surface area contributed by atoms with Crippen LogP contribution in [0.4, 0.5) is 11.5 Å². The van der Waals surface area contributed by atoms with E-state index >= 15 is 0 Å². The molecule has 0 radical (unpaired) electrons. The van der Waals surface area contributed by atoms with Crippen LogP contribution in [-0.2, 0) is 7.05 Å². The molecular weight excluding hydrogens is 296 g/mol. The minimum Gasteiger partial charge on any atom is -0.383 e. The van der Waals surface area contributed by atoms with Crippen molar-refractivity contribution in [1.29, 1.82) is 0 Å². The molecule has 1 aromatic carbocycles. The van der Waals surface area contributed by atoms with Crippen molar-refractivity contribution in [3.63, 3.8) is 0 Å². The zero-order chi connectivity index (χ0) is 13.3. The maximum atomic E-state index is 12.1. The van der Waals surface area contributed by atoms with E-state index in [4.69, 9.17) is 5.73 Å². The van der Waals surface area contributed by atoms with Gasteiger partial charge < -0.3 is 11.1 Å². The minimum absolute atomic E-state index is 0.262. The van der Waals surface area contributed by atoms with E-state index in [1.807, 2.05) is 25.1 Å². The Morgan fingerprint density at radius 2 is 2.22 bits per heavy atom. The number of aromatic nitrogens is 2. The highest BCUT2D eigenvalue weighted by molar-refractivity contribution is 9.10. The van der Waals surface area contributed by atoms with Gasteiger partial charge in [0.2, 0.25) is 0 Å². The lowest BCUT2D eigenvalue weighted by molar-refractivity contribution is 0.102. The Bertz CT molecular complexity index is 606. The number of nitrogens with two attached hydrogens (primary N) is 1. The summed E-state index contributed by atoms with van der Waals surface area (Å²) in [5.74, 6) is 0.0851. The fraction of sp³-hybridized carbons (Fsp3) is 0.167. The molecule has 6 heteroatoms. The second kappa shape index (κ2) is 4.81. The first-order valence-electron chi connectivity index (χ1n) is 5.34. The van der Waals surface area contributed by atoms with Crippen LogP contribution in [-0.4, -0.2) is 15.7 Å². The summed E-state index contributed by atoms with van der Waals surface area (Å²) in [5.41, 5.74) is 7.86. The van der Waals surface area contributed by atoms with Gasteiger partial charge in [0.05, 0.1) is 6.20 Å². The summed E-state index contributed by atoms with van der Waals surface area (Å²) < 4.78 is 2.37. The van der Waals surface area contributed by atoms with E-state index in [1.165, 1.54) is 10.9 Å². The topological polar surface area (TPSA) is 72.9 Å². The molecule has 1 amide bonds. The zero-order valence-electron chi connectivity index (χ0n) is 10.1.